The van der Waals surface area contributed by atoms with Gasteiger partial charge in [0.2, 0.25) is 11.8 Å². The SMILES string of the molecule is O=C(CSc1ccc(NC(=O)C2CC2)nn1)NC1CCCCC1. The molecule has 2 aliphatic rings. The van der Waals surface area contributed by atoms with E-state index in [4.69, 9.17) is 0 Å². The van der Waals surface area contributed by atoms with Crippen LogP contribution in [0.2, 0.25) is 0 Å². The summed E-state index contributed by atoms with van der Waals surface area (Å²) in [5.74, 6) is 1.03. The van der Waals surface area contributed by atoms with Crippen molar-refractivity contribution in [1.29, 1.82) is 0 Å². The summed E-state index contributed by atoms with van der Waals surface area (Å²) in [7, 11) is 0. The topological polar surface area (TPSA) is 84.0 Å². The highest BCUT2D eigenvalue weighted by Gasteiger charge is 2.29. The van der Waals surface area contributed by atoms with Crippen molar-refractivity contribution in [3.63, 3.8) is 0 Å². The molecule has 0 spiro atoms. The number of hydrogen-bond donors (Lipinski definition) is 2. The first-order valence-electron chi connectivity index (χ1n) is 8.27. The third-order valence-electron chi connectivity index (χ3n) is 4.16. The molecule has 23 heavy (non-hydrogen) atoms. The summed E-state index contributed by atoms with van der Waals surface area (Å²) in [4.78, 5) is 23.6. The zero-order chi connectivity index (χ0) is 16.1. The Morgan fingerprint density at radius 3 is 2.52 bits per heavy atom. The molecule has 0 unspecified atom stereocenters. The Morgan fingerprint density at radius 1 is 1.09 bits per heavy atom. The van der Waals surface area contributed by atoms with Crippen LogP contribution in [-0.4, -0.2) is 33.8 Å². The van der Waals surface area contributed by atoms with E-state index in [1.165, 1.54) is 31.0 Å². The van der Waals surface area contributed by atoms with Crippen molar-refractivity contribution in [2.24, 2.45) is 5.92 Å². The maximum atomic E-state index is 11.9. The van der Waals surface area contributed by atoms with Gasteiger partial charge in [-0.1, -0.05) is 31.0 Å². The molecule has 2 N–H and O–H groups in total. The van der Waals surface area contributed by atoms with Gasteiger partial charge in [0.05, 0.1) is 5.75 Å². The summed E-state index contributed by atoms with van der Waals surface area (Å²) >= 11 is 1.36. The van der Waals surface area contributed by atoms with Crippen LogP contribution in [0.4, 0.5) is 5.82 Å². The molecule has 2 fully saturated rings. The van der Waals surface area contributed by atoms with Crippen LogP contribution in [0.5, 0.6) is 0 Å². The molecule has 124 valence electrons. The van der Waals surface area contributed by atoms with Gasteiger partial charge in [0, 0.05) is 12.0 Å². The number of carbonyl (C=O) groups is 2. The Bertz CT molecular complexity index is 554. The van der Waals surface area contributed by atoms with Gasteiger partial charge < -0.3 is 10.6 Å². The van der Waals surface area contributed by atoms with E-state index in [-0.39, 0.29) is 17.7 Å². The van der Waals surface area contributed by atoms with E-state index >= 15 is 0 Å². The number of nitrogens with one attached hydrogen (secondary N) is 2. The fraction of sp³-hybridized carbons (Fsp3) is 0.625. The molecule has 1 aromatic heterocycles. The number of thioether (sulfide) groups is 1. The average molecular weight is 334 g/mol. The Balaban J connectivity index is 1.40. The first-order chi connectivity index (χ1) is 11.2. The molecule has 0 radical (unpaired) electrons. The number of carbonyl (C=O) groups excluding carboxylic acids is 2. The second-order valence-corrected chi connectivity index (χ2v) is 7.21. The number of hydrogen-bond acceptors (Lipinski definition) is 5. The maximum Gasteiger partial charge on any atom is 0.230 e. The van der Waals surface area contributed by atoms with E-state index in [1.54, 1.807) is 12.1 Å². The minimum atomic E-state index is 0.0200. The van der Waals surface area contributed by atoms with Crippen LogP contribution in [-0.2, 0) is 9.59 Å². The summed E-state index contributed by atoms with van der Waals surface area (Å²) in [5, 5.41) is 14.6. The van der Waals surface area contributed by atoms with Gasteiger partial charge in [0.15, 0.2) is 5.82 Å². The van der Waals surface area contributed by atoms with Gasteiger partial charge >= 0.3 is 0 Å². The molecule has 0 atom stereocenters. The standard InChI is InChI=1S/C16H22N4O2S/c21-14(17-12-4-2-1-3-5-12)10-23-15-9-8-13(19-20-15)18-16(22)11-6-7-11/h8-9,11-12H,1-7,10H2,(H,17,21)(H,18,19,22). The molecule has 1 heterocycles. The predicted octanol–water partition coefficient (Wildman–Crippen LogP) is 2.37. The number of amides is 2. The van der Waals surface area contributed by atoms with Crippen molar-refractivity contribution in [1.82, 2.24) is 15.5 Å². The quantitative estimate of drug-likeness (QED) is 0.780. The van der Waals surface area contributed by atoms with Crippen molar-refractivity contribution in [2.45, 2.75) is 56.0 Å². The van der Waals surface area contributed by atoms with Gasteiger partial charge in [0.25, 0.3) is 0 Å². The molecule has 0 saturated heterocycles. The number of rotatable bonds is 6. The van der Waals surface area contributed by atoms with E-state index in [0.717, 1.165) is 25.7 Å². The van der Waals surface area contributed by atoms with Crippen LogP contribution in [0.1, 0.15) is 44.9 Å². The van der Waals surface area contributed by atoms with Crippen LogP contribution in [0, 0.1) is 5.92 Å². The Labute approximate surface area is 140 Å². The largest absolute Gasteiger partial charge is 0.353 e. The molecule has 6 nitrogen and oxygen atoms in total. The second-order valence-electron chi connectivity index (χ2n) is 6.21. The molecule has 0 aromatic carbocycles. The lowest BCUT2D eigenvalue weighted by molar-refractivity contribution is -0.119. The van der Waals surface area contributed by atoms with Gasteiger partial charge in [0.1, 0.15) is 5.03 Å². The average Bonchev–Trinajstić information content (AvgIpc) is 3.40. The van der Waals surface area contributed by atoms with Gasteiger partial charge in [-0.05, 0) is 37.8 Å². The van der Waals surface area contributed by atoms with Crippen LogP contribution in [0.3, 0.4) is 0 Å². The van der Waals surface area contributed by atoms with E-state index in [2.05, 4.69) is 20.8 Å². The summed E-state index contributed by atoms with van der Waals surface area (Å²) in [6.07, 6.45) is 7.79. The zero-order valence-electron chi connectivity index (χ0n) is 13.1. The van der Waals surface area contributed by atoms with E-state index in [0.29, 0.717) is 22.6 Å². The number of aromatic nitrogens is 2. The highest BCUT2D eigenvalue weighted by molar-refractivity contribution is 7.99. The monoisotopic (exact) mass is 334 g/mol. The van der Waals surface area contributed by atoms with Crippen LogP contribution < -0.4 is 10.6 Å². The van der Waals surface area contributed by atoms with Gasteiger partial charge in [-0.3, -0.25) is 9.59 Å². The molecular weight excluding hydrogens is 312 g/mol. The van der Waals surface area contributed by atoms with Crippen LogP contribution in [0.25, 0.3) is 0 Å². The number of anilines is 1. The fourth-order valence-electron chi connectivity index (χ4n) is 2.69. The van der Waals surface area contributed by atoms with Crippen molar-refractivity contribution < 1.29 is 9.59 Å². The summed E-state index contributed by atoms with van der Waals surface area (Å²) in [6.45, 7) is 0. The smallest absolute Gasteiger partial charge is 0.230 e. The molecule has 2 aliphatic carbocycles. The molecule has 0 aliphatic heterocycles. The molecule has 1 aromatic rings. The maximum absolute atomic E-state index is 11.9. The normalized spacial score (nSPS) is 18.4. The lowest BCUT2D eigenvalue weighted by Gasteiger charge is -2.22. The van der Waals surface area contributed by atoms with Crippen molar-refractivity contribution in [3.05, 3.63) is 12.1 Å². The van der Waals surface area contributed by atoms with E-state index in [9.17, 15) is 9.59 Å². The van der Waals surface area contributed by atoms with Crippen molar-refractivity contribution in [2.75, 3.05) is 11.1 Å². The van der Waals surface area contributed by atoms with Crippen LogP contribution >= 0.6 is 11.8 Å². The van der Waals surface area contributed by atoms with Crippen molar-refractivity contribution >= 4 is 29.4 Å². The molecule has 7 heteroatoms. The predicted molar refractivity (Wildman–Crippen MR) is 89.1 cm³/mol. The first kappa shape index (κ1) is 16.2. The molecule has 0 bridgehead atoms. The molecule has 2 saturated carbocycles. The molecule has 2 amide bonds. The second kappa shape index (κ2) is 7.77. The van der Waals surface area contributed by atoms with Gasteiger partial charge in [-0.25, -0.2) is 0 Å². The Hall–Kier alpha value is -1.63. The number of nitrogens with zero attached hydrogens (tertiary/aromatic N) is 2. The highest BCUT2D eigenvalue weighted by Crippen LogP contribution is 2.30. The van der Waals surface area contributed by atoms with Crippen molar-refractivity contribution in [3.8, 4) is 0 Å². The molecule has 3 rings (SSSR count). The lowest BCUT2D eigenvalue weighted by Crippen LogP contribution is -2.37. The van der Waals surface area contributed by atoms with E-state index < -0.39 is 0 Å². The van der Waals surface area contributed by atoms with E-state index in [1.807, 2.05) is 0 Å². The summed E-state index contributed by atoms with van der Waals surface area (Å²) in [5.41, 5.74) is 0. The zero-order valence-corrected chi connectivity index (χ0v) is 13.9. The fourth-order valence-corrected chi connectivity index (χ4v) is 3.32. The lowest BCUT2D eigenvalue weighted by atomic mass is 9.95. The highest BCUT2D eigenvalue weighted by atomic mass is 32.2. The summed E-state index contributed by atoms with van der Waals surface area (Å²) < 4.78 is 0. The van der Waals surface area contributed by atoms with Gasteiger partial charge in [-0.15, -0.1) is 10.2 Å². The minimum Gasteiger partial charge on any atom is -0.353 e. The van der Waals surface area contributed by atoms with Crippen LogP contribution in [0.15, 0.2) is 17.2 Å². The third-order valence-corrected chi connectivity index (χ3v) is 5.08. The Kier molecular flexibility index (Phi) is 5.48. The Morgan fingerprint density at radius 2 is 1.87 bits per heavy atom. The molecular formula is C16H22N4O2S. The first-order valence-corrected chi connectivity index (χ1v) is 9.26. The third kappa shape index (κ3) is 5.20. The summed E-state index contributed by atoms with van der Waals surface area (Å²) in [6, 6.07) is 3.85. The minimum absolute atomic E-state index is 0.0200. The van der Waals surface area contributed by atoms with Gasteiger partial charge in [-0.2, -0.15) is 0 Å².